The van der Waals surface area contributed by atoms with Crippen LogP contribution in [-0.4, -0.2) is 24.2 Å². The Morgan fingerprint density at radius 2 is 2.00 bits per heavy atom. The number of aliphatic hydroxyl groups excluding tert-OH is 1. The van der Waals surface area contributed by atoms with Crippen molar-refractivity contribution in [3.05, 3.63) is 63.7 Å². The lowest BCUT2D eigenvalue weighted by Crippen LogP contribution is -2.31. The normalized spacial score (nSPS) is 10.5. The molecule has 0 saturated carbocycles. The smallest absolute Gasteiger partial charge is 0.257 e. The molecule has 8 heteroatoms. The number of ether oxygens (including phenoxy) is 1. The Bertz CT molecular complexity index is 755. The molecule has 1 heterocycles. The summed E-state index contributed by atoms with van der Waals surface area (Å²) >= 11 is 0. The topological polar surface area (TPSA) is 88.8 Å². The van der Waals surface area contributed by atoms with Crippen LogP contribution in [-0.2, 0) is 17.8 Å². The molecule has 2 N–H and O–H groups in total. The Morgan fingerprint density at radius 1 is 1.29 bits per heavy atom. The van der Waals surface area contributed by atoms with Gasteiger partial charge in [-0.1, -0.05) is 6.07 Å². The Labute approximate surface area is 135 Å². The first-order valence-corrected chi connectivity index (χ1v) is 7.06. The predicted molar refractivity (Wildman–Crippen MR) is 79.5 cm³/mol. The van der Waals surface area contributed by atoms with Gasteiger partial charge in [-0.25, -0.2) is 8.78 Å². The molecular formula is C16H15F2NO5. The van der Waals surface area contributed by atoms with Crippen molar-refractivity contribution in [1.29, 1.82) is 0 Å². The highest BCUT2D eigenvalue weighted by Crippen LogP contribution is 2.12. The SMILES string of the molecule is O=C(COc1coc(CO)cc1=O)NCCc1c(F)cccc1F. The van der Waals surface area contributed by atoms with Crippen LogP contribution in [0.15, 0.2) is 39.7 Å². The second-order valence-electron chi connectivity index (χ2n) is 4.82. The van der Waals surface area contributed by atoms with E-state index in [2.05, 4.69) is 5.32 Å². The van der Waals surface area contributed by atoms with Gasteiger partial charge in [-0.3, -0.25) is 9.59 Å². The Kier molecular flexibility index (Phi) is 6.02. The molecule has 0 bridgehead atoms. The first-order valence-electron chi connectivity index (χ1n) is 7.06. The monoisotopic (exact) mass is 339 g/mol. The van der Waals surface area contributed by atoms with Gasteiger partial charge >= 0.3 is 0 Å². The van der Waals surface area contributed by atoms with E-state index in [4.69, 9.17) is 14.3 Å². The van der Waals surface area contributed by atoms with Gasteiger partial charge in [0, 0.05) is 18.2 Å². The number of amides is 1. The van der Waals surface area contributed by atoms with E-state index in [1.807, 2.05) is 0 Å². The lowest BCUT2D eigenvalue weighted by atomic mass is 10.1. The molecule has 0 fully saturated rings. The second-order valence-corrected chi connectivity index (χ2v) is 4.82. The van der Waals surface area contributed by atoms with Gasteiger partial charge in [0.05, 0.1) is 0 Å². The van der Waals surface area contributed by atoms with Crippen LogP contribution in [0.25, 0.3) is 0 Å². The average Bonchev–Trinajstić information content (AvgIpc) is 2.56. The van der Waals surface area contributed by atoms with Gasteiger partial charge in [0.1, 0.15) is 30.3 Å². The summed E-state index contributed by atoms with van der Waals surface area (Å²) < 4.78 is 36.7. The van der Waals surface area contributed by atoms with Crippen molar-refractivity contribution in [2.45, 2.75) is 13.0 Å². The van der Waals surface area contributed by atoms with E-state index in [0.29, 0.717) is 0 Å². The zero-order chi connectivity index (χ0) is 17.5. The van der Waals surface area contributed by atoms with Gasteiger partial charge in [-0.2, -0.15) is 0 Å². The first-order chi connectivity index (χ1) is 11.5. The molecule has 6 nitrogen and oxygen atoms in total. The van der Waals surface area contributed by atoms with Crippen molar-refractivity contribution in [3.8, 4) is 5.75 Å². The molecule has 1 amide bonds. The second kappa shape index (κ2) is 8.21. The van der Waals surface area contributed by atoms with Crippen molar-refractivity contribution < 1.29 is 27.8 Å². The summed E-state index contributed by atoms with van der Waals surface area (Å²) in [4.78, 5) is 23.2. The van der Waals surface area contributed by atoms with Crippen molar-refractivity contribution in [2.75, 3.05) is 13.2 Å². The van der Waals surface area contributed by atoms with Crippen LogP contribution in [0.2, 0.25) is 0 Å². The van der Waals surface area contributed by atoms with Crippen LogP contribution in [0.4, 0.5) is 8.78 Å². The van der Waals surface area contributed by atoms with Gasteiger partial charge in [-0.05, 0) is 18.6 Å². The fourth-order valence-electron chi connectivity index (χ4n) is 1.92. The van der Waals surface area contributed by atoms with E-state index < -0.39 is 36.2 Å². The molecule has 24 heavy (non-hydrogen) atoms. The zero-order valence-corrected chi connectivity index (χ0v) is 12.6. The summed E-state index contributed by atoms with van der Waals surface area (Å²) in [6.45, 7) is -0.871. The highest BCUT2D eigenvalue weighted by molar-refractivity contribution is 5.77. The van der Waals surface area contributed by atoms with Crippen molar-refractivity contribution in [3.63, 3.8) is 0 Å². The summed E-state index contributed by atoms with van der Waals surface area (Å²) in [5, 5.41) is 11.2. The quantitative estimate of drug-likeness (QED) is 0.790. The standard InChI is InChI=1S/C16H15F2NO5/c17-12-2-1-3-13(18)11(12)4-5-19-16(22)9-24-15-8-23-10(7-20)6-14(15)21/h1-3,6,8,20H,4-5,7,9H2,(H,19,22). The van der Waals surface area contributed by atoms with Gasteiger partial charge in [0.25, 0.3) is 5.91 Å². The number of halogens is 2. The number of carbonyl (C=O) groups excluding carboxylic acids is 1. The number of nitrogens with one attached hydrogen (secondary N) is 1. The summed E-state index contributed by atoms with van der Waals surface area (Å²) in [7, 11) is 0. The van der Waals surface area contributed by atoms with Crippen LogP contribution in [0.3, 0.4) is 0 Å². The number of aliphatic hydroxyl groups is 1. The minimum absolute atomic E-state index is 0.0120. The first kappa shape index (κ1) is 17.6. The van der Waals surface area contributed by atoms with E-state index in [-0.39, 0.29) is 30.0 Å². The molecular weight excluding hydrogens is 324 g/mol. The van der Waals surface area contributed by atoms with E-state index in [0.717, 1.165) is 24.5 Å². The average molecular weight is 339 g/mol. The minimum atomic E-state index is -0.679. The molecule has 0 spiro atoms. The Hall–Kier alpha value is -2.74. The number of carbonyl (C=O) groups is 1. The minimum Gasteiger partial charge on any atom is -0.477 e. The molecule has 0 aliphatic heterocycles. The summed E-state index contributed by atoms with van der Waals surface area (Å²) in [6.07, 6.45) is 0.980. The van der Waals surface area contributed by atoms with Crippen LogP contribution in [0.1, 0.15) is 11.3 Å². The maximum atomic E-state index is 13.4. The molecule has 1 aromatic carbocycles. The number of benzene rings is 1. The van der Waals surface area contributed by atoms with E-state index >= 15 is 0 Å². The summed E-state index contributed by atoms with van der Waals surface area (Å²) in [5.41, 5.74) is -0.648. The van der Waals surface area contributed by atoms with Crippen LogP contribution in [0, 0.1) is 11.6 Å². The van der Waals surface area contributed by atoms with Crippen molar-refractivity contribution in [1.82, 2.24) is 5.32 Å². The van der Waals surface area contributed by atoms with Crippen LogP contribution >= 0.6 is 0 Å². The molecule has 0 unspecified atom stereocenters. The van der Waals surface area contributed by atoms with Gasteiger partial charge in [0.2, 0.25) is 11.2 Å². The van der Waals surface area contributed by atoms with Crippen molar-refractivity contribution >= 4 is 5.91 Å². The predicted octanol–water partition coefficient (Wildman–Crippen LogP) is 1.15. The number of rotatable bonds is 7. The van der Waals surface area contributed by atoms with Gasteiger partial charge < -0.3 is 19.6 Å². The molecule has 0 atom stereocenters. The molecule has 128 valence electrons. The largest absolute Gasteiger partial charge is 0.477 e. The third-order valence-corrected chi connectivity index (χ3v) is 3.13. The highest BCUT2D eigenvalue weighted by Gasteiger charge is 2.10. The van der Waals surface area contributed by atoms with Gasteiger partial charge in [-0.15, -0.1) is 0 Å². The van der Waals surface area contributed by atoms with E-state index in [1.54, 1.807) is 0 Å². The summed E-state index contributed by atoms with van der Waals surface area (Å²) in [5.74, 6) is -2.02. The lowest BCUT2D eigenvalue weighted by molar-refractivity contribution is -0.123. The summed E-state index contributed by atoms with van der Waals surface area (Å²) in [6, 6.07) is 4.58. The molecule has 1 aromatic heterocycles. The zero-order valence-electron chi connectivity index (χ0n) is 12.6. The number of hydrogen-bond acceptors (Lipinski definition) is 5. The molecule has 2 rings (SSSR count). The fraction of sp³-hybridized carbons (Fsp3) is 0.250. The van der Waals surface area contributed by atoms with E-state index in [9.17, 15) is 18.4 Å². The molecule has 2 aromatic rings. The highest BCUT2D eigenvalue weighted by atomic mass is 19.1. The Balaban J connectivity index is 1.81. The maximum Gasteiger partial charge on any atom is 0.257 e. The van der Waals surface area contributed by atoms with Crippen LogP contribution < -0.4 is 15.5 Å². The Morgan fingerprint density at radius 3 is 2.62 bits per heavy atom. The third-order valence-electron chi connectivity index (χ3n) is 3.13. The molecule has 0 aliphatic carbocycles. The molecule has 0 saturated heterocycles. The number of hydrogen-bond donors (Lipinski definition) is 2. The lowest BCUT2D eigenvalue weighted by Gasteiger charge is -2.08. The van der Waals surface area contributed by atoms with Gasteiger partial charge in [0.15, 0.2) is 6.61 Å². The fourth-order valence-corrected chi connectivity index (χ4v) is 1.92. The molecule has 0 aliphatic rings. The van der Waals surface area contributed by atoms with E-state index in [1.165, 1.54) is 6.07 Å². The van der Waals surface area contributed by atoms with Crippen molar-refractivity contribution in [2.24, 2.45) is 0 Å². The maximum absolute atomic E-state index is 13.4. The third kappa shape index (κ3) is 4.63. The molecule has 0 radical (unpaired) electrons. The van der Waals surface area contributed by atoms with Crippen LogP contribution in [0.5, 0.6) is 5.75 Å².